The highest BCUT2D eigenvalue weighted by Crippen LogP contribution is 2.18. The van der Waals surface area contributed by atoms with Gasteiger partial charge < -0.3 is 0 Å². The van der Waals surface area contributed by atoms with Gasteiger partial charge in [-0.1, -0.05) is 6.07 Å². The quantitative estimate of drug-likeness (QED) is 0.781. The van der Waals surface area contributed by atoms with Crippen molar-refractivity contribution in [1.29, 1.82) is 0 Å². The van der Waals surface area contributed by atoms with Gasteiger partial charge in [-0.05, 0) is 50.1 Å². The van der Waals surface area contributed by atoms with Crippen molar-refractivity contribution < 1.29 is 4.79 Å². The molecule has 1 aromatic carbocycles. The summed E-state index contributed by atoms with van der Waals surface area (Å²) in [7, 11) is 0. The van der Waals surface area contributed by atoms with Crippen LogP contribution in [0, 0.1) is 6.92 Å². The van der Waals surface area contributed by atoms with Crippen molar-refractivity contribution in [2.75, 3.05) is 0 Å². The van der Waals surface area contributed by atoms with Gasteiger partial charge in [-0.2, -0.15) is 5.10 Å². The maximum Gasteiger partial charge on any atom is 0.155 e. The van der Waals surface area contributed by atoms with Crippen LogP contribution in [0.1, 0.15) is 25.1 Å². The van der Waals surface area contributed by atoms with Crippen molar-refractivity contribution in [3.63, 3.8) is 0 Å². The van der Waals surface area contributed by atoms with Crippen molar-refractivity contribution in [3.8, 4) is 0 Å². The van der Waals surface area contributed by atoms with E-state index in [1.165, 1.54) is 0 Å². The van der Waals surface area contributed by atoms with Crippen molar-refractivity contribution in [2.45, 2.75) is 20.8 Å². The van der Waals surface area contributed by atoms with E-state index in [0.717, 1.165) is 27.7 Å². The molecule has 0 bridgehead atoms. The highest BCUT2D eigenvalue weighted by molar-refractivity contribution is 5.97. The maximum absolute atomic E-state index is 11.1. The minimum absolute atomic E-state index is 0.101. The molecule has 3 heteroatoms. The third-order valence-corrected chi connectivity index (χ3v) is 2.71. The number of H-pyrrole nitrogens is 1. The summed E-state index contributed by atoms with van der Waals surface area (Å²) in [6.45, 7) is 5.39. The van der Waals surface area contributed by atoms with Crippen LogP contribution in [0.2, 0.25) is 0 Å². The fraction of sp³-hybridized carbons (Fsp3) is 0.231. The number of aryl methyl sites for hydroxylation is 1. The summed E-state index contributed by atoms with van der Waals surface area (Å²) in [5.74, 6) is 0.101. The number of nitrogens with zero attached hydrogens (tertiary/aromatic N) is 1. The largest absolute Gasteiger partial charge is 0.295 e. The minimum atomic E-state index is 0.101. The van der Waals surface area contributed by atoms with Crippen LogP contribution in [0.15, 0.2) is 23.8 Å². The molecule has 0 aliphatic carbocycles. The molecule has 0 spiro atoms. The molecule has 1 aromatic heterocycles. The molecule has 0 saturated heterocycles. The van der Waals surface area contributed by atoms with Crippen LogP contribution in [0.4, 0.5) is 0 Å². The number of carbonyl (C=O) groups excluding carboxylic acids is 1. The Bertz CT molecular complexity index is 579. The number of fused-ring (bicyclic) bond motifs is 1. The Balaban J connectivity index is 2.50. The standard InChI is InChI=1S/C13H14N2O/c1-8(10(3)16)6-11-4-5-13-12(7-11)9(2)14-15-13/h4-7H,1-3H3,(H,14,15)/b8-6+. The molecule has 0 unspecified atom stereocenters. The summed E-state index contributed by atoms with van der Waals surface area (Å²) in [5.41, 5.74) is 3.80. The zero-order valence-electron chi connectivity index (χ0n) is 9.66. The average Bonchev–Trinajstić information content (AvgIpc) is 2.60. The van der Waals surface area contributed by atoms with Crippen LogP contribution in [-0.2, 0) is 4.79 Å². The van der Waals surface area contributed by atoms with Crippen LogP contribution in [0.5, 0.6) is 0 Å². The number of aromatic nitrogens is 2. The fourth-order valence-electron chi connectivity index (χ4n) is 1.60. The molecule has 16 heavy (non-hydrogen) atoms. The van der Waals surface area contributed by atoms with Gasteiger partial charge in [0.25, 0.3) is 0 Å². The van der Waals surface area contributed by atoms with Crippen molar-refractivity contribution in [3.05, 3.63) is 35.0 Å². The van der Waals surface area contributed by atoms with E-state index < -0.39 is 0 Å². The topological polar surface area (TPSA) is 45.8 Å². The van der Waals surface area contributed by atoms with Gasteiger partial charge in [0.2, 0.25) is 0 Å². The SMILES string of the molecule is CC(=O)/C(C)=C/c1ccc2n[nH]c(C)c2c1. The van der Waals surface area contributed by atoms with Crippen LogP contribution < -0.4 is 0 Å². The molecular formula is C13H14N2O. The number of allylic oxidation sites excluding steroid dienone is 1. The first-order valence-electron chi connectivity index (χ1n) is 5.22. The number of aromatic amines is 1. The molecule has 0 fully saturated rings. The van der Waals surface area contributed by atoms with Gasteiger partial charge >= 0.3 is 0 Å². The first-order chi connectivity index (χ1) is 7.58. The summed E-state index contributed by atoms with van der Waals surface area (Å²) in [6, 6.07) is 5.97. The molecule has 0 radical (unpaired) electrons. The first kappa shape index (κ1) is 10.6. The second-order valence-electron chi connectivity index (χ2n) is 4.01. The molecule has 2 aromatic rings. The zero-order chi connectivity index (χ0) is 11.7. The lowest BCUT2D eigenvalue weighted by atomic mass is 10.1. The lowest BCUT2D eigenvalue weighted by Gasteiger charge is -1.97. The molecule has 0 amide bonds. The van der Waals surface area contributed by atoms with Crippen molar-refractivity contribution in [1.82, 2.24) is 10.2 Å². The lowest BCUT2D eigenvalue weighted by Crippen LogP contribution is -1.90. The van der Waals surface area contributed by atoms with Crippen molar-refractivity contribution >= 4 is 22.8 Å². The number of Topliss-reactive ketones (excluding diaryl/α,β-unsaturated/α-hetero) is 1. The maximum atomic E-state index is 11.1. The van der Waals surface area contributed by atoms with Gasteiger partial charge in [-0.25, -0.2) is 0 Å². The van der Waals surface area contributed by atoms with Crippen molar-refractivity contribution in [2.24, 2.45) is 0 Å². The molecule has 0 atom stereocenters. The molecule has 1 N–H and O–H groups in total. The third-order valence-electron chi connectivity index (χ3n) is 2.71. The first-order valence-corrected chi connectivity index (χ1v) is 5.22. The van der Waals surface area contributed by atoms with E-state index in [1.807, 2.05) is 38.1 Å². The normalized spacial score (nSPS) is 12.1. The molecule has 1 heterocycles. The van der Waals surface area contributed by atoms with Crippen LogP contribution in [0.25, 0.3) is 17.0 Å². The Morgan fingerprint density at radius 2 is 2.12 bits per heavy atom. The Hall–Kier alpha value is -1.90. The van der Waals surface area contributed by atoms with E-state index in [-0.39, 0.29) is 5.78 Å². The number of ketones is 1. The van der Waals surface area contributed by atoms with Gasteiger partial charge in [0.1, 0.15) is 0 Å². The van der Waals surface area contributed by atoms with Crippen LogP contribution >= 0.6 is 0 Å². The smallest absolute Gasteiger partial charge is 0.155 e. The van der Waals surface area contributed by atoms with E-state index >= 15 is 0 Å². The van der Waals surface area contributed by atoms with Gasteiger partial charge in [0, 0.05) is 11.1 Å². The van der Waals surface area contributed by atoms with Gasteiger partial charge in [0.15, 0.2) is 5.78 Å². The number of hydrogen-bond acceptors (Lipinski definition) is 2. The Labute approximate surface area is 94.2 Å². The van der Waals surface area contributed by atoms with E-state index in [0.29, 0.717) is 0 Å². The predicted octanol–water partition coefficient (Wildman–Crippen LogP) is 2.86. The van der Waals surface area contributed by atoms with Gasteiger partial charge in [-0.15, -0.1) is 0 Å². The minimum Gasteiger partial charge on any atom is -0.295 e. The number of carbonyl (C=O) groups is 1. The Morgan fingerprint density at radius 3 is 2.81 bits per heavy atom. The van der Waals surface area contributed by atoms with E-state index in [1.54, 1.807) is 6.92 Å². The highest BCUT2D eigenvalue weighted by atomic mass is 16.1. The van der Waals surface area contributed by atoms with Crippen LogP contribution in [-0.4, -0.2) is 16.0 Å². The number of benzene rings is 1. The highest BCUT2D eigenvalue weighted by Gasteiger charge is 2.02. The molecular weight excluding hydrogens is 200 g/mol. The lowest BCUT2D eigenvalue weighted by molar-refractivity contribution is -0.113. The van der Waals surface area contributed by atoms with E-state index in [9.17, 15) is 4.79 Å². The Morgan fingerprint density at radius 1 is 1.38 bits per heavy atom. The molecule has 0 aliphatic heterocycles. The monoisotopic (exact) mass is 214 g/mol. The van der Waals surface area contributed by atoms with Gasteiger partial charge in [-0.3, -0.25) is 9.89 Å². The third kappa shape index (κ3) is 1.89. The molecule has 82 valence electrons. The van der Waals surface area contributed by atoms with E-state index in [4.69, 9.17) is 0 Å². The summed E-state index contributed by atoms with van der Waals surface area (Å²) < 4.78 is 0. The molecule has 2 rings (SSSR count). The number of rotatable bonds is 2. The second kappa shape index (κ2) is 3.93. The summed E-state index contributed by atoms with van der Waals surface area (Å²) >= 11 is 0. The molecule has 0 saturated carbocycles. The predicted molar refractivity (Wildman–Crippen MR) is 65.2 cm³/mol. The number of nitrogens with one attached hydrogen (secondary N) is 1. The summed E-state index contributed by atoms with van der Waals surface area (Å²) in [4.78, 5) is 11.1. The van der Waals surface area contributed by atoms with E-state index in [2.05, 4.69) is 10.2 Å². The zero-order valence-corrected chi connectivity index (χ0v) is 9.66. The van der Waals surface area contributed by atoms with Gasteiger partial charge in [0.05, 0.1) is 5.52 Å². The second-order valence-corrected chi connectivity index (χ2v) is 4.01. The number of hydrogen-bond donors (Lipinski definition) is 1. The molecule has 3 nitrogen and oxygen atoms in total. The van der Waals surface area contributed by atoms with Crippen LogP contribution in [0.3, 0.4) is 0 Å². The summed E-state index contributed by atoms with van der Waals surface area (Å²) in [5, 5.41) is 8.21. The molecule has 0 aliphatic rings. The fourth-order valence-corrected chi connectivity index (χ4v) is 1.60. The Kier molecular flexibility index (Phi) is 2.60. The summed E-state index contributed by atoms with van der Waals surface area (Å²) in [6.07, 6.45) is 1.90. The average molecular weight is 214 g/mol.